The molecule has 0 aliphatic heterocycles. The summed E-state index contributed by atoms with van der Waals surface area (Å²) in [7, 11) is 0. The first-order valence-electron chi connectivity index (χ1n) is 7.14. The van der Waals surface area contributed by atoms with Crippen molar-refractivity contribution in [2.45, 2.75) is 40.7 Å². The average Bonchev–Trinajstić information content (AvgIpc) is 2.40. The van der Waals surface area contributed by atoms with Crippen molar-refractivity contribution >= 4 is 23.4 Å². The lowest BCUT2D eigenvalue weighted by molar-refractivity contribution is -0.146. The van der Waals surface area contributed by atoms with Crippen LogP contribution in [0.2, 0.25) is 0 Å². The van der Waals surface area contributed by atoms with Crippen LogP contribution in [0.5, 0.6) is 5.75 Å². The van der Waals surface area contributed by atoms with E-state index in [0.717, 1.165) is 0 Å². The van der Waals surface area contributed by atoms with Crippen molar-refractivity contribution in [2.24, 2.45) is 5.92 Å². The largest absolute Gasteiger partial charge is 0.487 e. The predicted octanol–water partition coefficient (Wildman–Crippen LogP) is 2.40. The van der Waals surface area contributed by atoms with E-state index in [1.54, 1.807) is 19.9 Å². The summed E-state index contributed by atoms with van der Waals surface area (Å²) in [5.41, 5.74) is 0.587. The fourth-order valence-electron chi connectivity index (χ4n) is 1.53. The number of amides is 1. The van der Waals surface area contributed by atoms with Crippen LogP contribution < -0.4 is 15.4 Å². The Morgan fingerprint density at radius 1 is 1.27 bits per heavy atom. The number of carbonyl (C=O) groups excluding carboxylic acids is 2. The van der Waals surface area contributed by atoms with Crippen LogP contribution in [-0.2, 0) is 14.3 Å². The molecule has 7 nitrogen and oxygen atoms in total. The third-order valence-electron chi connectivity index (χ3n) is 2.48. The molecule has 1 aromatic heterocycles. The topological polar surface area (TPSA) is 89.6 Å². The van der Waals surface area contributed by atoms with Crippen molar-refractivity contribution in [1.82, 2.24) is 4.98 Å². The SMILES string of the molecule is CC(=O)Nc1cc(NCOC(=O)C(C)C)c(OC(C)C)cn1. The number of pyridine rings is 1. The van der Waals surface area contributed by atoms with Crippen LogP contribution in [0.3, 0.4) is 0 Å². The van der Waals surface area contributed by atoms with Crippen LogP contribution in [0, 0.1) is 5.92 Å². The van der Waals surface area contributed by atoms with Crippen LogP contribution in [0.25, 0.3) is 0 Å². The lowest BCUT2D eigenvalue weighted by atomic mass is 10.2. The van der Waals surface area contributed by atoms with E-state index in [2.05, 4.69) is 15.6 Å². The van der Waals surface area contributed by atoms with Gasteiger partial charge in [0.15, 0.2) is 12.5 Å². The Kier molecular flexibility index (Phi) is 6.62. The Bertz CT molecular complexity index is 530. The van der Waals surface area contributed by atoms with Crippen molar-refractivity contribution in [3.8, 4) is 5.75 Å². The lowest BCUT2D eigenvalue weighted by Crippen LogP contribution is -2.18. The van der Waals surface area contributed by atoms with Gasteiger partial charge in [-0.1, -0.05) is 13.8 Å². The van der Waals surface area contributed by atoms with Gasteiger partial charge in [0, 0.05) is 13.0 Å². The molecule has 1 amide bonds. The normalized spacial score (nSPS) is 10.5. The van der Waals surface area contributed by atoms with E-state index in [1.807, 2.05) is 13.8 Å². The van der Waals surface area contributed by atoms with Crippen LogP contribution in [-0.4, -0.2) is 29.7 Å². The van der Waals surface area contributed by atoms with Crippen LogP contribution >= 0.6 is 0 Å². The molecule has 0 spiro atoms. The Morgan fingerprint density at radius 2 is 1.95 bits per heavy atom. The maximum absolute atomic E-state index is 11.4. The molecular weight excluding hydrogens is 286 g/mol. The zero-order valence-corrected chi connectivity index (χ0v) is 13.6. The molecule has 122 valence electrons. The average molecular weight is 309 g/mol. The smallest absolute Gasteiger partial charge is 0.310 e. The summed E-state index contributed by atoms with van der Waals surface area (Å²) in [6, 6.07) is 1.63. The lowest BCUT2D eigenvalue weighted by Gasteiger charge is -2.16. The van der Waals surface area contributed by atoms with Gasteiger partial charge >= 0.3 is 5.97 Å². The summed E-state index contributed by atoms with van der Waals surface area (Å²) >= 11 is 0. The third kappa shape index (κ3) is 5.99. The highest BCUT2D eigenvalue weighted by Gasteiger charge is 2.11. The number of ether oxygens (including phenoxy) is 2. The molecule has 0 bridgehead atoms. The Labute approximate surface area is 130 Å². The van der Waals surface area contributed by atoms with Gasteiger partial charge in [-0.3, -0.25) is 9.59 Å². The van der Waals surface area contributed by atoms with Crippen molar-refractivity contribution < 1.29 is 19.1 Å². The predicted molar refractivity (Wildman–Crippen MR) is 83.7 cm³/mol. The summed E-state index contributed by atoms with van der Waals surface area (Å²) in [6.07, 6.45) is 1.48. The summed E-state index contributed by atoms with van der Waals surface area (Å²) in [6.45, 7) is 8.72. The number of hydrogen-bond donors (Lipinski definition) is 2. The van der Waals surface area contributed by atoms with Gasteiger partial charge in [0.25, 0.3) is 0 Å². The van der Waals surface area contributed by atoms with Gasteiger partial charge in [-0.2, -0.15) is 0 Å². The molecule has 22 heavy (non-hydrogen) atoms. The maximum atomic E-state index is 11.4. The zero-order chi connectivity index (χ0) is 16.7. The zero-order valence-electron chi connectivity index (χ0n) is 13.6. The van der Waals surface area contributed by atoms with Crippen LogP contribution in [0.4, 0.5) is 11.5 Å². The van der Waals surface area contributed by atoms with Gasteiger partial charge in [-0.05, 0) is 13.8 Å². The Balaban J connectivity index is 2.81. The minimum absolute atomic E-state index is 0.00892. The number of carbonyl (C=O) groups is 2. The second kappa shape index (κ2) is 8.21. The number of rotatable bonds is 7. The van der Waals surface area contributed by atoms with E-state index in [-0.39, 0.29) is 30.6 Å². The van der Waals surface area contributed by atoms with E-state index in [4.69, 9.17) is 9.47 Å². The molecule has 1 aromatic rings. The second-order valence-electron chi connectivity index (χ2n) is 5.35. The van der Waals surface area contributed by atoms with Crippen LogP contribution in [0.15, 0.2) is 12.3 Å². The highest BCUT2D eigenvalue weighted by Crippen LogP contribution is 2.27. The first-order chi connectivity index (χ1) is 10.3. The van der Waals surface area contributed by atoms with E-state index < -0.39 is 0 Å². The van der Waals surface area contributed by atoms with Crippen LogP contribution in [0.1, 0.15) is 34.6 Å². The minimum atomic E-state index is -0.296. The number of nitrogens with one attached hydrogen (secondary N) is 2. The molecule has 2 N–H and O–H groups in total. The molecule has 0 atom stereocenters. The van der Waals surface area contributed by atoms with Gasteiger partial charge in [-0.25, -0.2) is 4.98 Å². The van der Waals surface area contributed by atoms with Gasteiger partial charge < -0.3 is 20.1 Å². The molecule has 1 heterocycles. The molecule has 0 aliphatic rings. The molecule has 0 aliphatic carbocycles. The molecule has 1 rings (SSSR count). The Morgan fingerprint density at radius 3 is 2.50 bits per heavy atom. The highest BCUT2D eigenvalue weighted by atomic mass is 16.5. The quantitative estimate of drug-likeness (QED) is 0.594. The van der Waals surface area contributed by atoms with Gasteiger partial charge in [0.2, 0.25) is 5.91 Å². The van der Waals surface area contributed by atoms with Crippen molar-refractivity contribution in [2.75, 3.05) is 17.4 Å². The number of aromatic nitrogens is 1. The minimum Gasteiger partial charge on any atom is -0.487 e. The molecule has 0 saturated carbocycles. The number of nitrogens with zero attached hydrogens (tertiary/aromatic N) is 1. The van der Waals surface area contributed by atoms with Crippen molar-refractivity contribution in [1.29, 1.82) is 0 Å². The van der Waals surface area contributed by atoms with Gasteiger partial charge in [0.05, 0.1) is 23.9 Å². The van der Waals surface area contributed by atoms with Gasteiger partial charge in [0.1, 0.15) is 5.82 Å². The first-order valence-corrected chi connectivity index (χ1v) is 7.14. The summed E-state index contributed by atoms with van der Waals surface area (Å²) in [5, 5.41) is 5.55. The summed E-state index contributed by atoms with van der Waals surface area (Å²) < 4.78 is 10.7. The van der Waals surface area contributed by atoms with Crippen molar-refractivity contribution in [3.63, 3.8) is 0 Å². The number of hydrogen-bond acceptors (Lipinski definition) is 6. The number of anilines is 2. The van der Waals surface area contributed by atoms with Gasteiger partial charge in [-0.15, -0.1) is 0 Å². The summed E-state index contributed by atoms with van der Waals surface area (Å²) in [5.74, 6) is 0.198. The van der Waals surface area contributed by atoms with E-state index in [0.29, 0.717) is 17.3 Å². The molecule has 0 unspecified atom stereocenters. The molecule has 0 fully saturated rings. The third-order valence-corrected chi connectivity index (χ3v) is 2.48. The fourth-order valence-corrected chi connectivity index (χ4v) is 1.53. The fraction of sp³-hybridized carbons (Fsp3) is 0.533. The second-order valence-corrected chi connectivity index (χ2v) is 5.35. The standard InChI is InChI=1S/C15H23N3O4/c1-9(2)15(20)21-8-17-12-6-14(18-11(5)19)16-7-13(12)22-10(3)4/h6-7,9-10H,8H2,1-5H3,(H2,16,17,18,19). The molecule has 7 heteroatoms. The van der Waals surface area contributed by atoms with E-state index >= 15 is 0 Å². The Hall–Kier alpha value is -2.31. The van der Waals surface area contributed by atoms with E-state index in [9.17, 15) is 9.59 Å². The molecular formula is C15H23N3O4. The highest BCUT2D eigenvalue weighted by molar-refractivity contribution is 5.88. The van der Waals surface area contributed by atoms with Crippen molar-refractivity contribution in [3.05, 3.63) is 12.3 Å². The monoisotopic (exact) mass is 309 g/mol. The van der Waals surface area contributed by atoms with E-state index in [1.165, 1.54) is 13.1 Å². The molecule has 0 saturated heterocycles. The number of esters is 1. The first kappa shape index (κ1) is 17.7. The molecule has 0 aromatic carbocycles. The maximum Gasteiger partial charge on any atom is 0.310 e. The molecule has 0 radical (unpaired) electrons. The summed E-state index contributed by atoms with van der Waals surface area (Å²) in [4.78, 5) is 26.6.